The molecular weight excluding hydrogens is 128 g/mol. The molecule has 1 aliphatic rings. The highest BCUT2D eigenvalue weighted by atomic mass is 16.3. The van der Waals surface area contributed by atoms with Crippen molar-refractivity contribution in [2.75, 3.05) is 0 Å². The van der Waals surface area contributed by atoms with Crippen molar-refractivity contribution in [3.8, 4) is 0 Å². The summed E-state index contributed by atoms with van der Waals surface area (Å²) in [5.41, 5.74) is 0.895. The molecule has 3 atom stereocenters. The van der Waals surface area contributed by atoms with E-state index >= 15 is 0 Å². The zero-order valence-corrected chi connectivity index (χ0v) is 6.41. The maximum Gasteiger partial charge on any atom is 0.101 e. The van der Waals surface area contributed by atoms with Crippen LogP contribution in [0, 0.1) is 5.92 Å². The maximum atomic E-state index is 9.25. The van der Waals surface area contributed by atoms with Crippen molar-refractivity contribution in [3.63, 3.8) is 0 Å². The molecule has 0 aromatic rings. The predicted molar refractivity (Wildman–Crippen MR) is 39.6 cm³/mol. The lowest BCUT2D eigenvalue weighted by Crippen LogP contribution is -2.32. The minimum absolute atomic E-state index is 0.401. The first-order chi connectivity index (χ1) is 4.61. The Balaban J connectivity index is 2.71. The van der Waals surface area contributed by atoms with Crippen LogP contribution in [-0.4, -0.2) is 22.4 Å². The van der Waals surface area contributed by atoms with Crippen molar-refractivity contribution >= 4 is 0 Å². The van der Waals surface area contributed by atoms with Gasteiger partial charge in [-0.05, 0) is 24.8 Å². The highest BCUT2D eigenvalue weighted by molar-refractivity contribution is 5.12. The van der Waals surface area contributed by atoms with Gasteiger partial charge in [0.1, 0.15) is 6.10 Å². The molecule has 0 aromatic carbocycles. The van der Waals surface area contributed by atoms with Gasteiger partial charge in [-0.3, -0.25) is 0 Å². The summed E-state index contributed by atoms with van der Waals surface area (Å²) in [5, 5.41) is 18.5. The lowest BCUT2D eigenvalue weighted by Gasteiger charge is -2.26. The van der Waals surface area contributed by atoms with Gasteiger partial charge < -0.3 is 10.2 Å². The fourth-order valence-corrected chi connectivity index (χ4v) is 1.43. The number of aliphatic hydroxyl groups excluding tert-OH is 2. The summed E-state index contributed by atoms with van der Waals surface area (Å²) in [6, 6.07) is 0. The Kier molecular flexibility index (Phi) is 2.11. The maximum absolute atomic E-state index is 9.25. The molecule has 0 amide bonds. The predicted octanol–water partition coefficient (Wildman–Crippen LogP) is 0.694. The molecule has 0 bridgehead atoms. The SMILES string of the molecule is CC1=C[C@H](C)C[C@H](O)[C@H]1O. The summed E-state index contributed by atoms with van der Waals surface area (Å²) in [6.07, 6.45) is 1.51. The van der Waals surface area contributed by atoms with E-state index in [4.69, 9.17) is 0 Å². The second-order valence-corrected chi connectivity index (χ2v) is 3.14. The fourth-order valence-electron chi connectivity index (χ4n) is 1.43. The van der Waals surface area contributed by atoms with Gasteiger partial charge in [0.2, 0.25) is 0 Å². The molecule has 0 aliphatic heterocycles. The number of hydrogen-bond acceptors (Lipinski definition) is 2. The molecule has 0 saturated carbocycles. The highest BCUT2D eigenvalue weighted by Crippen LogP contribution is 2.22. The molecule has 2 N–H and O–H groups in total. The van der Waals surface area contributed by atoms with E-state index < -0.39 is 12.2 Å². The number of rotatable bonds is 0. The van der Waals surface area contributed by atoms with E-state index in [0.29, 0.717) is 12.3 Å². The minimum atomic E-state index is -0.629. The molecule has 10 heavy (non-hydrogen) atoms. The van der Waals surface area contributed by atoms with Crippen molar-refractivity contribution in [1.82, 2.24) is 0 Å². The van der Waals surface area contributed by atoms with Gasteiger partial charge >= 0.3 is 0 Å². The van der Waals surface area contributed by atoms with Crippen LogP contribution in [0.3, 0.4) is 0 Å². The van der Waals surface area contributed by atoms with Crippen molar-refractivity contribution < 1.29 is 10.2 Å². The molecule has 58 valence electrons. The third kappa shape index (κ3) is 1.39. The van der Waals surface area contributed by atoms with Crippen LogP contribution in [0.2, 0.25) is 0 Å². The van der Waals surface area contributed by atoms with E-state index in [0.717, 1.165) is 5.57 Å². The zero-order valence-electron chi connectivity index (χ0n) is 6.41. The zero-order chi connectivity index (χ0) is 7.72. The Bertz CT molecular complexity index is 151. The highest BCUT2D eigenvalue weighted by Gasteiger charge is 2.24. The molecule has 0 saturated heterocycles. The average Bonchev–Trinajstić information content (AvgIpc) is 1.82. The smallest absolute Gasteiger partial charge is 0.101 e. The number of allylic oxidation sites excluding steroid dienone is 1. The molecule has 1 rings (SSSR count). The van der Waals surface area contributed by atoms with Gasteiger partial charge in [-0.15, -0.1) is 0 Å². The van der Waals surface area contributed by atoms with Gasteiger partial charge in [0.05, 0.1) is 6.10 Å². The fraction of sp³-hybridized carbons (Fsp3) is 0.750. The van der Waals surface area contributed by atoms with E-state index in [9.17, 15) is 10.2 Å². The van der Waals surface area contributed by atoms with Crippen LogP contribution in [0.4, 0.5) is 0 Å². The molecule has 0 heterocycles. The third-order valence-electron chi connectivity index (χ3n) is 1.99. The van der Waals surface area contributed by atoms with Crippen molar-refractivity contribution in [3.05, 3.63) is 11.6 Å². The summed E-state index contributed by atoms with van der Waals surface area (Å²) in [4.78, 5) is 0. The van der Waals surface area contributed by atoms with Crippen LogP contribution in [0.25, 0.3) is 0 Å². The van der Waals surface area contributed by atoms with Gasteiger partial charge in [-0.25, -0.2) is 0 Å². The Morgan fingerprint density at radius 3 is 2.60 bits per heavy atom. The van der Waals surface area contributed by atoms with Gasteiger partial charge in [0.25, 0.3) is 0 Å². The summed E-state index contributed by atoms with van der Waals surface area (Å²) in [7, 11) is 0. The van der Waals surface area contributed by atoms with E-state index in [1.165, 1.54) is 0 Å². The Morgan fingerprint density at radius 1 is 1.50 bits per heavy atom. The lowest BCUT2D eigenvalue weighted by atomic mass is 9.88. The molecule has 2 heteroatoms. The number of aliphatic hydroxyl groups is 2. The molecule has 0 aromatic heterocycles. The van der Waals surface area contributed by atoms with Crippen LogP contribution in [0.1, 0.15) is 20.3 Å². The van der Waals surface area contributed by atoms with Crippen LogP contribution >= 0.6 is 0 Å². The van der Waals surface area contributed by atoms with E-state index in [-0.39, 0.29) is 0 Å². The molecule has 0 radical (unpaired) electrons. The van der Waals surface area contributed by atoms with Gasteiger partial charge in [0.15, 0.2) is 0 Å². The van der Waals surface area contributed by atoms with Gasteiger partial charge in [-0.1, -0.05) is 13.0 Å². The molecular formula is C8H14O2. The van der Waals surface area contributed by atoms with Crippen LogP contribution in [-0.2, 0) is 0 Å². The largest absolute Gasteiger partial charge is 0.390 e. The molecule has 0 unspecified atom stereocenters. The Morgan fingerprint density at radius 2 is 2.10 bits per heavy atom. The normalized spacial score (nSPS) is 41.2. The summed E-state index contributed by atoms with van der Waals surface area (Å²) >= 11 is 0. The number of hydrogen-bond donors (Lipinski definition) is 2. The second kappa shape index (κ2) is 2.72. The topological polar surface area (TPSA) is 40.5 Å². The summed E-state index contributed by atoms with van der Waals surface area (Å²) < 4.78 is 0. The van der Waals surface area contributed by atoms with E-state index in [2.05, 4.69) is 0 Å². The van der Waals surface area contributed by atoms with Gasteiger partial charge in [-0.2, -0.15) is 0 Å². The quantitative estimate of drug-likeness (QED) is 0.489. The van der Waals surface area contributed by atoms with E-state index in [1.54, 1.807) is 0 Å². The van der Waals surface area contributed by atoms with Crippen LogP contribution in [0.15, 0.2) is 11.6 Å². The first-order valence-electron chi connectivity index (χ1n) is 3.65. The van der Waals surface area contributed by atoms with Gasteiger partial charge in [0, 0.05) is 0 Å². The average molecular weight is 142 g/mol. The lowest BCUT2D eigenvalue weighted by molar-refractivity contribution is 0.0230. The molecule has 0 fully saturated rings. The molecule has 2 nitrogen and oxygen atoms in total. The standard InChI is InChI=1S/C8H14O2/c1-5-3-6(2)8(10)7(9)4-5/h3,5,7-10H,4H2,1-2H3/t5-,7-,8-/m0/s1. The third-order valence-corrected chi connectivity index (χ3v) is 1.99. The van der Waals surface area contributed by atoms with Crippen LogP contribution < -0.4 is 0 Å². The summed E-state index contributed by atoms with van der Waals surface area (Å²) in [5.74, 6) is 0.401. The van der Waals surface area contributed by atoms with Crippen molar-refractivity contribution in [2.45, 2.75) is 32.5 Å². The Hall–Kier alpha value is -0.340. The van der Waals surface area contributed by atoms with Crippen molar-refractivity contribution in [1.29, 1.82) is 0 Å². The second-order valence-electron chi connectivity index (χ2n) is 3.14. The minimum Gasteiger partial charge on any atom is -0.390 e. The first-order valence-corrected chi connectivity index (χ1v) is 3.65. The van der Waals surface area contributed by atoms with Crippen molar-refractivity contribution in [2.24, 2.45) is 5.92 Å². The molecule has 1 aliphatic carbocycles. The monoisotopic (exact) mass is 142 g/mol. The summed E-state index contributed by atoms with van der Waals surface area (Å²) in [6.45, 7) is 3.89. The van der Waals surface area contributed by atoms with Crippen LogP contribution in [0.5, 0.6) is 0 Å². The Labute approximate surface area is 61.2 Å². The van der Waals surface area contributed by atoms with E-state index in [1.807, 2.05) is 19.9 Å². The molecule has 0 spiro atoms. The first kappa shape index (κ1) is 7.76.